The third-order valence-corrected chi connectivity index (χ3v) is 12.4. The van der Waals surface area contributed by atoms with Gasteiger partial charge in [-0.2, -0.15) is 0 Å². The van der Waals surface area contributed by atoms with E-state index in [1.165, 1.54) is 18.5 Å². The number of rotatable bonds is 8. The summed E-state index contributed by atoms with van der Waals surface area (Å²) >= 11 is 6.66. The first-order valence-corrected chi connectivity index (χ1v) is 17.0. The smallest absolute Gasteiger partial charge is 0.232 e. The van der Waals surface area contributed by atoms with Crippen LogP contribution in [0.2, 0.25) is 0 Å². The molecular formula is C32H50ClN7O2. The molecular weight excluding hydrogens is 550 g/mol. The molecule has 0 aromatic heterocycles. The number of hydrogen-bond acceptors (Lipinski definition) is 8. The summed E-state index contributed by atoms with van der Waals surface area (Å²) in [4.78, 5) is 27.0. The van der Waals surface area contributed by atoms with E-state index in [9.17, 15) is 4.79 Å². The fourth-order valence-corrected chi connectivity index (χ4v) is 9.67. The number of fused-ring (bicyclic) bond motifs is 7. The van der Waals surface area contributed by atoms with Crippen LogP contribution < -0.4 is 16.8 Å². The lowest BCUT2D eigenvalue weighted by Gasteiger charge is -2.51. The van der Waals surface area contributed by atoms with Crippen LogP contribution in [0, 0.1) is 29.6 Å². The van der Waals surface area contributed by atoms with Gasteiger partial charge in [0.2, 0.25) is 5.91 Å². The average Bonchev–Trinajstić information content (AvgIpc) is 3.86. The molecule has 42 heavy (non-hydrogen) atoms. The lowest BCUT2D eigenvalue weighted by Crippen LogP contribution is -2.66. The first-order valence-electron chi connectivity index (χ1n) is 16.6. The van der Waals surface area contributed by atoms with Gasteiger partial charge in [0.25, 0.3) is 0 Å². The van der Waals surface area contributed by atoms with Crippen molar-refractivity contribution in [3.8, 4) is 0 Å². The Balaban J connectivity index is 1.12. The van der Waals surface area contributed by atoms with Gasteiger partial charge in [-0.05, 0) is 51.4 Å². The molecule has 2 bridgehead atoms. The maximum Gasteiger partial charge on any atom is 0.232 e. The maximum absolute atomic E-state index is 14.3. The molecule has 0 aromatic rings. The molecule has 1 amide bonds. The molecule has 10 heteroatoms. The number of nitrogens with one attached hydrogen (secondary N) is 1. The van der Waals surface area contributed by atoms with Crippen LogP contribution in [0.3, 0.4) is 0 Å². The van der Waals surface area contributed by atoms with Crippen LogP contribution in [0.15, 0.2) is 27.1 Å². The molecule has 0 radical (unpaired) electrons. The van der Waals surface area contributed by atoms with Gasteiger partial charge in [0.05, 0.1) is 30.1 Å². The highest BCUT2D eigenvalue weighted by molar-refractivity contribution is 6.30. The summed E-state index contributed by atoms with van der Waals surface area (Å²) < 4.78 is 5.65. The lowest BCUT2D eigenvalue weighted by atomic mass is 9.72. The Labute approximate surface area is 256 Å². The quantitative estimate of drug-likeness (QED) is 0.368. The molecule has 9 atom stereocenters. The van der Waals surface area contributed by atoms with Crippen LogP contribution in [0.4, 0.5) is 0 Å². The molecule has 2 saturated carbocycles. The largest absolute Gasteiger partial charge is 0.380 e. The summed E-state index contributed by atoms with van der Waals surface area (Å²) in [7, 11) is 1.84. The van der Waals surface area contributed by atoms with Crippen molar-refractivity contribution in [1.29, 1.82) is 0 Å². The third-order valence-electron chi connectivity index (χ3n) is 11.8. The second-order valence-electron chi connectivity index (χ2n) is 14.0. The molecule has 0 aromatic carbocycles. The molecule has 8 rings (SSSR count). The molecule has 6 heterocycles. The first-order chi connectivity index (χ1) is 20.3. The Morgan fingerprint density at radius 3 is 2.60 bits per heavy atom. The van der Waals surface area contributed by atoms with Gasteiger partial charge in [0.15, 0.2) is 0 Å². The van der Waals surface area contributed by atoms with E-state index >= 15 is 0 Å². The Morgan fingerprint density at radius 2 is 1.90 bits per heavy atom. The highest BCUT2D eigenvalue weighted by atomic mass is 35.5. The second kappa shape index (κ2) is 11.5. The highest BCUT2D eigenvalue weighted by Gasteiger charge is 2.60. The van der Waals surface area contributed by atoms with Crippen LogP contribution in [-0.4, -0.2) is 96.5 Å². The van der Waals surface area contributed by atoms with Gasteiger partial charge in [0, 0.05) is 85.8 Å². The van der Waals surface area contributed by atoms with E-state index in [4.69, 9.17) is 32.8 Å². The van der Waals surface area contributed by atoms with Crippen molar-refractivity contribution in [2.24, 2.45) is 46.0 Å². The standard InChI is InChI=1S/C32H50ClN7O2/c1-4-18-6-5-7-19-15-36-26(18)27(28(19)38-11-8-20(9-12-38)39-13-10-21(16-39)42-3)37-32(41)24(31(34)35)30-29-23-14-22(23)25(33)17(2)40(29)30/h15,18-24,26-28,31H,4-14,16,34-35H2,1-3H3,(H,37,41). The van der Waals surface area contributed by atoms with Crippen molar-refractivity contribution in [1.82, 2.24) is 20.0 Å². The van der Waals surface area contributed by atoms with Crippen molar-refractivity contribution < 1.29 is 9.53 Å². The zero-order chi connectivity index (χ0) is 29.3. The van der Waals surface area contributed by atoms with Crippen LogP contribution in [0.25, 0.3) is 0 Å². The van der Waals surface area contributed by atoms with Crippen molar-refractivity contribution >= 4 is 23.7 Å². The Hall–Kier alpha value is -1.49. The number of halogens is 1. The minimum Gasteiger partial charge on any atom is -0.380 e. The topological polar surface area (TPSA) is 112 Å². The fraction of sp³-hybridized carbons (Fsp3) is 0.812. The van der Waals surface area contributed by atoms with Gasteiger partial charge in [-0.3, -0.25) is 19.6 Å². The summed E-state index contributed by atoms with van der Waals surface area (Å²) in [5, 5.41) is 4.51. The molecule has 9 nitrogen and oxygen atoms in total. The maximum atomic E-state index is 14.3. The summed E-state index contributed by atoms with van der Waals surface area (Å²) in [6, 6.07) is 0.898. The zero-order valence-corrected chi connectivity index (χ0v) is 26.3. The van der Waals surface area contributed by atoms with Crippen LogP contribution in [0.1, 0.15) is 65.2 Å². The molecule has 0 spiro atoms. The first kappa shape index (κ1) is 29.2. The number of aliphatic imine (C=N–C) groups is 1. The summed E-state index contributed by atoms with van der Waals surface area (Å²) in [5.74, 6) is 0.997. The van der Waals surface area contributed by atoms with Crippen LogP contribution in [0.5, 0.6) is 0 Å². The fourth-order valence-electron chi connectivity index (χ4n) is 9.34. The summed E-state index contributed by atoms with van der Waals surface area (Å²) in [6.07, 6.45) is 10.9. The van der Waals surface area contributed by atoms with Crippen LogP contribution >= 0.6 is 11.6 Å². The number of ether oxygens (including phenoxy) is 1. The number of allylic oxidation sites excluding steroid dienone is 3. The molecule has 5 N–H and O–H groups in total. The van der Waals surface area contributed by atoms with Crippen molar-refractivity contribution in [3.05, 3.63) is 22.1 Å². The van der Waals surface area contributed by atoms with Gasteiger partial charge >= 0.3 is 0 Å². The van der Waals surface area contributed by atoms with Crippen molar-refractivity contribution in [2.45, 2.75) is 102 Å². The second-order valence-corrected chi connectivity index (χ2v) is 14.4. The summed E-state index contributed by atoms with van der Waals surface area (Å²) in [5.41, 5.74) is 16.0. The normalized spacial score (nSPS) is 39.4. The molecule has 9 unspecified atom stereocenters. The van der Waals surface area contributed by atoms with E-state index in [-0.39, 0.29) is 24.0 Å². The zero-order valence-electron chi connectivity index (χ0n) is 25.6. The van der Waals surface area contributed by atoms with E-state index < -0.39 is 12.1 Å². The number of methoxy groups -OCH3 is 1. The highest BCUT2D eigenvalue weighted by Crippen LogP contribution is 2.65. The number of piperidine rings is 1. The molecule has 6 aliphatic heterocycles. The van der Waals surface area contributed by atoms with Crippen molar-refractivity contribution in [2.75, 3.05) is 33.3 Å². The van der Waals surface area contributed by atoms with Crippen LogP contribution in [-0.2, 0) is 9.53 Å². The molecule has 2 aliphatic carbocycles. The van der Waals surface area contributed by atoms with Gasteiger partial charge in [-0.25, -0.2) is 0 Å². The van der Waals surface area contributed by atoms with E-state index in [2.05, 4.69) is 33.2 Å². The number of likely N-dealkylation sites (tertiary alicyclic amines) is 2. The summed E-state index contributed by atoms with van der Waals surface area (Å²) in [6.45, 7) is 8.62. The predicted molar refractivity (Wildman–Crippen MR) is 165 cm³/mol. The van der Waals surface area contributed by atoms with E-state index in [0.717, 1.165) is 81.1 Å². The van der Waals surface area contributed by atoms with E-state index in [1.807, 2.05) is 14.0 Å². The molecule has 8 aliphatic rings. The number of carbonyl (C=O) groups is 1. The van der Waals surface area contributed by atoms with Gasteiger partial charge in [0.1, 0.15) is 5.92 Å². The Bertz CT molecular complexity index is 1160. The van der Waals surface area contributed by atoms with Gasteiger partial charge in [-0.1, -0.05) is 31.4 Å². The number of carbonyl (C=O) groups excluding carboxylic acids is 1. The lowest BCUT2D eigenvalue weighted by molar-refractivity contribution is -0.126. The van der Waals surface area contributed by atoms with E-state index in [1.54, 1.807) is 0 Å². The van der Waals surface area contributed by atoms with E-state index in [0.29, 0.717) is 35.8 Å². The Morgan fingerprint density at radius 1 is 1.14 bits per heavy atom. The molecule has 232 valence electrons. The minimum atomic E-state index is -0.774. The third kappa shape index (κ3) is 4.96. The van der Waals surface area contributed by atoms with Gasteiger partial charge < -0.3 is 26.4 Å². The number of amides is 1. The number of hydrogen-bond donors (Lipinski definition) is 3. The SMILES string of the molecule is CCC1CCCC2C=NC1C(NC(=O)C(C1=C3C4CC4C(Cl)=C(C)N31)C(N)N)C2N1CCC(N2CCC(OC)C2)CC1. The number of nitrogens with zero attached hydrogens (tertiary/aromatic N) is 4. The monoisotopic (exact) mass is 599 g/mol. The molecule has 4 fully saturated rings. The minimum absolute atomic E-state index is 0.0458. The predicted octanol–water partition coefficient (Wildman–Crippen LogP) is 2.81. The Kier molecular flexibility index (Phi) is 7.98. The molecule has 2 saturated heterocycles. The van der Waals surface area contributed by atoms with Gasteiger partial charge in [-0.15, -0.1) is 0 Å². The number of nitrogens with two attached hydrogens (primary N) is 2. The van der Waals surface area contributed by atoms with Crippen molar-refractivity contribution in [3.63, 3.8) is 0 Å². The average molecular weight is 600 g/mol.